The molecule has 0 atom stereocenters. The zero-order valence-corrected chi connectivity index (χ0v) is 15.5. The number of carbonyl (C=O) groups excluding carboxylic acids is 1. The third-order valence-corrected chi connectivity index (χ3v) is 4.10. The third-order valence-electron chi connectivity index (χ3n) is 4.10. The maximum absolute atomic E-state index is 12.1. The molecule has 3 aromatic rings. The number of hydrogen-bond donors (Lipinski definition) is 3. The van der Waals surface area contributed by atoms with Gasteiger partial charge < -0.3 is 9.84 Å². The van der Waals surface area contributed by atoms with Crippen LogP contribution < -0.4 is 21.4 Å². The van der Waals surface area contributed by atoms with Crippen LogP contribution in [-0.2, 0) is 6.54 Å². The molecule has 0 saturated heterocycles. The molecule has 0 unspecified atom stereocenters. The molecule has 0 aliphatic heterocycles. The largest absolute Gasteiger partial charge is 0.497 e. The number of ether oxygens (including phenoxy) is 1. The van der Waals surface area contributed by atoms with Crippen LogP contribution in [0, 0.1) is 0 Å². The highest BCUT2D eigenvalue weighted by atomic mass is 16.5. The van der Waals surface area contributed by atoms with Crippen molar-refractivity contribution in [2.75, 3.05) is 7.11 Å². The van der Waals surface area contributed by atoms with Crippen LogP contribution in [0.3, 0.4) is 0 Å². The Morgan fingerprint density at radius 1 is 1.17 bits per heavy atom. The predicted octanol–water partition coefficient (Wildman–Crippen LogP) is 1.06. The molecule has 0 radical (unpaired) electrons. The van der Waals surface area contributed by atoms with Crippen molar-refractivity contribution in [3.8, 4) is 11.6 Å². The van der Waals surface area contributed by atoms with E-state index >= 15 is 0 Å². The van der Waals surface area contributed by atoms with E-state index in [4.69, 9.17) is 4.74 Å². The van der Waals surface area contributed by atoms with E-state index in [9.17, 15) is 19.5 Å². The summed E-state index contributed by atoms with van der Waals surface area (Å²) in [6, 6.07) is 15.2. The fourth-order valence-corrected chi connectivity index (χ4v) is 2.56. The van der Waals surface area contributed by atoms with E-state index < -0.39 is 23.0 Å². The average molecular weight is 394 g/mol. The first-order valence-electron chi connectivity index (χ1n) is 8.57. The smallest absolute Gasteiger partial charge is 0.331 e. The Hall–Kier alpha value is -4.14. The standard InChI is InChI=1S/C20H18N4O5/c1-29-15-9-7-13(8-10-15)12-24-19(27)16(18(26)22-20(24)28)11-21-23-17(25)14-5-3-2-4-6-14/h2-11,27H,12H2,1H3,(H,23,25)(H,22,26,28)/b21-11+. The molecule has 2 aromatic carbocycles. The van der Waals surface area contributed by atoms with Crippen LogP contribution in [0.4, 0.5) is 0 Å². The van der Waals surface area contributed by atoms with Crippen molar-refractivity contribution in [1.82, 2.24) is 15.0 Å². The number of methoxy groups -OCH3 is 1. The number of H-pyrrole nitrogens is 1. The van der Waals surface area contributed by atoms with Gasteiger partial charge in [0.2, 0.25) is 5.88 Å². The van der Waals surface area contributed by atoms with Crippen molar-refractivity contribution in [3.05, 3.63) is 92.1 Å². The molecule has 0 aliphatic carbocycles. The minimum atomic E-state index is -0.823. The Kier molecular flexibility index (Phi) is 5.88. The summed E-state index contributed by atoms with van der Waals surface area (Å²) >= 11 is 0. The van der Waals surface area contributed by atoms with E-state index in [0.29, 0.717) is 16.9 Å². The van der Waals surface area contributed by atoms with Crippen LogP contribution in [0.2, 0.25) is 0 Å². The Morgan fingerprint density at radius 3 is 2.52 bits per heavy atom. The second-order valence-electron chi connectivity index (χ2n) is 6.00. The van der Waals surface area contributed by atoms with E-state index in [0.717, 1.165) is 10.8 Å². The molecular weight excluding hydrogens is 376 g/mol. The molecule has 0 saturated carbocycles. The topological polar surface area (TPSA) is 126 Å². The second kappa shape index (κ2) is 8.70. The molecule has 9 heteroatoms. The SMILES string of the molecule is COc1ccc(Cn2c(O)c(/C=N/NC(=O)c3ccccc3)c(=O)[nH]c2=O)cc1. The number of carbonyl (C=O) groups is 1. The molecule has 1 heterocycles. The normalized spacial score (nSPS) is 10.8. The van der Waals surface area contributed by atoms with E-state index in [1.165, 1.54) is 7.11 Å². The molecular formula is C20H18N4O5. The Labute approximate surface area is 164 Å². The van der Waals surface area contributed by atoms with Gasteiger partial charge in [0.15, 0.2) is 0 Å². The van der Waals surface area contributed by atoms with Gasteiger partial charge in [0.1, 0.15) is 11.3 Å². The van der Waals surface area contributed by atoms with Crippen LogP contribution in [-0.4, -0.2) is 33.9 Å². The molecule has 29 heavy (non-hydrogen) atoms. The van der Waals surface area contributed by atoms with Crippen molar-refractivity contribution in [3.63, 3.8) is 0 Å². The van der Waals surface area contributed by atoms with Crippen LogP contribution in [0.25, 0.3) is 0 Å². The number of aromatic nitrogens is 2. The molecule has 9 nitrogen and oxygen atoms in total. The number of aromatic amines is 1. The van der Waals surface area contributed by atoms with Gasteiger partial charge in [-0.15, -0.1) is 0 Å². The molecule has 3 N–H and O–H groups in total. The molecule has 0 aliphatic rings. The number of rotatable bonds is 6. The molecule has 1 amide bonds. The lowest BCUT2D eigenvalue weighted by Gasteiger charge is -2.10. The van der Waals surface area contributed by atoms with Crippen molar-refractivity contribution in [1.29, 1.82) is 0 Å². The lowest BCUT2D eigenvalue weighted by molar-refractivity contribution is 0.0955. The van der Waals surface area contributed by atoms with Gasteiger partial charge in [0.05, 0.1) is 19.9 Å². The minimum Gasteiger partial charge on any atom is -0.497 e. The van der Waals surface area contributed by atoms with Crippen molar-refractivity contribution < 1.29 is 14.6 Å². The quantitative estimate of drug-likeness (QED) is 0.426. The Morgan fingerprint density at radius 2 is 1.86 bits per heavy atom. The molecule has 1 aromatic heterocycles. The number of nitrogens with one attached hydrogen (secondary N) is 2. The van der Waals surface area contributed by atoms with E-state index in [1.807, 2.05) is 0 Å². The fourth-order valence-electron chi connectivity index (χ4n) is 2.56. The summed E-state index contributed by atoms with van der Waals surface area (Å²) in [5.41, 5.74) is 1.50. The summed E-state index contributed by atoms with van der Waals surface area (Å²) in [7, 11) is 1.54. The first kappa shape index (κ1) is 19.6. The number of hydrazone groups is 1. The van der Waals surface area contributed by atoms with Gasteiger partial charge in [0.25, 0.3) is 11.5 Å². The number of benzene rings is 2. The summed E-state index contributed by atoms with van der Waals surface area (Å²) in [6.07, 6.45) is 0.985. The van der Waals surface area contributed by atoms with Gasteiger partial charge in [0, 0.05) is 5.56 Å². The van der Waals surface area contributed by atoms with Gasteiger partial charge in [-0.25, -0.2) is 10.2 Å². The predicted molar refractivity (Wildman–Crippen MR) is 107 cm³/mol. The maximum Gasteiger partial charge on any atom is 0.331 e. The lowest BCUT2D eigenvalue weighted by Crippen LogP contribution is -2.32. The van der Waals surface area contributed by atoms with Gasteiger partial charge in [-0.2, -0.15) is 5.10 Å². The summed E-state index contributed by atoms with van der Waals surface area (Å²) < 4.78 is 6.07. The van der Waals surface area contributed by atoms with Gasteiger partial charge in [-0.3, -0.25) is 19.1 Å². The van der Waals surface area contributed by atoms with Gasteiger partial charge in [-0.05, 0) is 29.8 Å². The van der Waals surface area contributed by atoms with Crippen molar-refractivity contribution >= 4 is 12.1 Å². The zero-order valence-electron chi connectivity index (χ0n) is 15.5. The molecule has 0 spiro atoms. The van der Waals surface area contributed by atoms with Crippen molar-refractivity contribution in [2.45, 2.75) is 6.54 Å². The van der Waals surface area contributed by atoms with Crippen LogP contribution >= 0.6 is 0 Å². The second-order valence-corrected chi connectivity index (χ2v) is 6.00. The summed E-state index contributed by atoms with van der Waals surface area (Å²) in [6.45, 7) is 0.0165. The Bertz CT molecular complexity index is 1150. The van der Waals surface area contributed by atoms with Gasteiger partial charge in [-0.1, -0.05) is 30.3 Å². The number of nitrogens with zero attached hydrogens (tertiary/aromatic N) is 2. The Balaban J connectivity index is 1.83. The summed E-state index contributed by atoms with van der Waals surface area (Å²) in [4.78, 5) is 38.3. The van der Waals surface area contributed by atoms with E-state index in [1.54, 1.807) is 54.6 Å². The summed E-state index contributed by atoms with van der Waals surface area (Å²) in [5, 5.41) is 14.1. The zero-order chi connectivity index (χ0) is 20.8. The van der Waals surface area contributed by atoms with E-state index in [-0.39, 0.29) is 12.1 Å². The first-order chi connectivity index (χ1) is 14.0. The highest BCUT2D eigenvalue weighted by Gasteiger charge is 2.13. The van der Waals surface area contributed by atoms with Crippen LogP contribution in [0.15, 0.2) is 69.3 Å². The van der Waals surface area contributed by atoms with Crippen molar-refractivity contribution in [2.24, 2.45) is 5.10 Å². The lowest BCUT2D eigenvalue weighted by atomic mass is 10.2. The van der Waals surface area contributed by atoms with Crippen LogP contribution in [0.1, 0.15) is 21.5 Å². The summed E-state index contributed by atoms with van der Waals surface area (Å²) in [5.74, 6) is -0.398. The first-order valence-corrected chi connectivity index (χ1v) is 8.57. The average Bonchev–Trinajstić information content (AvgIpc) is 2.74. The number of amides is 1. The molecule has 0 fully saturated rings. The molecule has 148 valence electrons. The molecule has 3 rings (SSSR count). The number of aromatic hydroxyl groups is 1. The number of hydrogen-bond acceptors (Lipinski definition) is 6. The third kappa shape index (κ3) is 4.59. The fraction of sp³-hybridized carbons (Fsp3) is 0.100. The minimum absolute atomic E-state index is 0.0165. The maximum atomic E-state index is 12.1. The molecule has 0 bridgehead atoms. The van der Waals surface area contributed by atoms with Gasteiger partial charge >= 0.3 is 5.69 Å². The van der Waals surface area contributed by atoms with Crippen LogP contribution in [0.5, 0.6) is 11.6 Å². The monoisotopic (exact) mass is 394 g/mol. The van der Waals surface area contributed by atoms with E-state index in [2.05, 4.69) is 15.5 Å². The highest BCUT2D eigenvalue weighted by molar-refractivity contribution is 5.94. The highest BCUT2D eigenvalue weighted by Crippen LogP contribution is 2.14.